The molecular formula is C15H14FN3O2. The molecule has 0 spiro atoms. The van der Waals surface area contributed by atoms with Crippen LogP contribution in [0.3, 0.4) is 0 Å². The molecule has 1 heterocycles. The fourth-order valence-corrected chi connectivity index (χ4v) is 1.76. The predicted octanol–water partition coefficient (Wildman–Crippen LogP) is 0.833. The van der Waals surface area contributed by atoms with Crippen LogP contribution in [0.15, 0.2) is 30.5 Å². The van der Waals surface area contributed by atoms with Gasteiger partial charge in [-0.25, -0.2) is 4.39 Å². The lowest BCUT2D eigenvalue weighted by Gasteiger charge is -2.07. The molecular weight excluding hydrogens is 273 g/mol. The maximum Gasteiger partial charge on any atom is 0.254 e. The Kier molecular flexibility index (Phi) is 4.69. The first-order valence-electron chi connectivity index (χ1n) is 6.26. The summed E-state index contributed by atoms with van der Waals surface area (Å²) in [6.45, 7) is -0.0410. The number of carbonyl (C=O) groups excluding carboxylic acids is 1. The smallest absolute Gasteiger partial charge is 0.254 e. The van der Waals surface area contributed by atoms with Gasteiger partial charge in [0.05, 0.1) is 17.8 Å². The number of aryl methyl sites for hydroxylation is 1. The monoisotopic (exact) mass is 287 g/mol. The van der Waals surface area contributed by atoms with Crippen molar-refractivity contribution in [2.45, 2.75) is 6.54 Å². The number of rotatable bonds is 3. The molecule has 0 radical (unpaired) electrons. The molecule has 108 valence electrons. The third kappa shape index (κ3) is 3.68. The molecule has 1 aromatic heterocycles. The van der Waals surface area contributed by atoms with Crippen LogP contribution in [0.2, 0.25) is 0 Å². The van der Waals surface area contributed by atoms with E-state index in [1.165, 1.54) is 18.2 Å². The van der Waals surface area contributed by atoms with Crippen LogP contribution in [0.4, 0.5) is 4.39 Å². The van der Waals surface area contributed by atoms with Crippen LogP contribution in [0.25, 0.3) is 0 Å². The summed E-state index contributed by atoms with van der Waals surface area (Å²) in [5, 5.41) is 15.3. The van der Waals surface area contributed by atoms with Crippen LogP contribution in [0.5, 0.6) is 0 Å². The molecule has 1 aromatic carbocycles. The molecule has 0 aliphatic carbocycles. The molecule has 6 heteroatoms. The molecule has 2 aromatic rings. The average molecular weight is 287 g/mol. The van der Waals surface area contributed by atoms with E-state index in [9.17, 15) is 9.18 Å². The third-order valence-electron chi connectivity index (χ3n) is 2.88. The normalized spacial score (nSPS) is 9.86. The number of nitrogens with zero attached hydrogens (tertiary/aromatic N) is 2. The van der Waals surface area contributed by atoms with Crippen molar-refractivity contribution in [2.75, 3.05) is 6.61 Å². The first-order chi connectivity index (χ1) is 10.1. The molecule has 0 atom stereocenters. The number of benzene rings is 1. The number of aliphatic hydroxyl groups excluding tert-OH is 1. The highest BCUT2D eigenvalue weighted by Crippen LogP contribution is 2.10. The maximum atomic E-state index is 13.7. The van der Waals surface area contributed by atoms with E-state index in [0.29, 0.717) is 5.56 Å². The van der Waals surface area contributed by atoms with Crippen LogP contribution < -0.4 is 5.32 Å². The van der Waals surface area contributed by atoms with Crippen molar-refractivity contribution >= 4 is 5.91 Å². The van der Waals surface area contributed by atoms with Crippen molar-refractivity contribution in [2.24, 2.45) is 7.05 Å². The first kappa shape index (κ1) is 14.8. The summed E-state index contributed by atoms with van der Waals surface area (Å²) < 4.78 is 15.3. The summed E-state index contributed by atoms with van der Waals surface area (Å²) in [7, 11) is 1.76. The van der Waals surface area contributed by atoms with Crippen LogP contribution in [-0.2, 0) is 13.6 Å². The molecule has 5 nitrogen and oxygen atoms in total. The summed E-state index contributed by atoms with van der Waals surface area (Å²) in [6.07, 6.45) is 1.62. The summed E-state index contributed by atoms with van der Waals surface area (Å²) in [4.78, 5) is 12.0. The highest BCUT2D eigenvalue weighted by molar-refractivity contribution is 5.94. The number of carbonyl (C=O) groups is 1. The van der Waals surface area contributed by atoms with Gasteiger partial charge in [0.15, 0.2) is 0 Å². The van der Waals surface area contributed by atoms with Crippen LogP contribution in [-0.4, -0.2) is 27.4 Å². The topological polar surface area (TPSA) is 67.2 Å². The Hall–Kier alpha value is -2.65. The van der Waals surface area contributed by atoms with Gasteiger partial charge in [-0.1, -0.05) is 11.8 Å². The Balaban J connectivity index is 2.13. The maximum absolute atomic E-state index is 13.7. The van der Waals surface area contributed by atoms with Gasteiger partial charge in [0.25, 0.3) is 5.91 Å². The molecule has 2 N–H and O–H groups in total. The SMILES string of the molecule is Cn1nccc1CNC(=O)c1cc(C#CCO)ccc1F. The van der Waals surface area contributed by atoms with Crippen molar-refractivity contribution < 1.29 is 14.3 Å². The second-order valence-electron chi connectivity index (χ2n) is 4.28. The fourth-order valence-electron chi connectivity index (χ4n) is 1.76. The van der Waals surface area contributed by atoms with E-state index in [2.05, 4.69) is 22.3 Å². The number of aliphatic hydroxyl groups is 1. The molecule has 0 unspecified atom stereocenters. The molecule has 0 aliphatic heterocycles. The van der Waals surface area contributed by atoms with Crippen molar-refractivity contribution in [3.63, 3.8) is 0 Å². The molecule has 21 heavy (non-hydrogen) atoms. The van der Waals surface area contributed by atoms with E-state index in [0.717, 1.165) is 5.69 Å². The standard InChI is InChI=1S/C15H14FN3O2/c1-19-12(6-7-18-19)10-17-15(21)13-9-11(3-2-8-20)4-5-14(13)16/h4-7,9,20H,8,10H2,1H3,(H,17,21). The largest absolute Gasteiger partial charge is 0.384 e. The predicted molar refractivity (Wildman–Crippen MR) is 74.7 cm³/mol. The van der Waals surface area contributed by atoms with Crippen molar-refractivity contribution in [3.05, 3.63) is 53.1 Å². The minimum atomic E-state index is -0.618. The number of hydrogen-bond acceptors (Lipinski definition) is 3. The van der Waals surface area contributed by atoms with Crippen LogP contribution in [0, 0.1) is 17.7 Å². The lowest BCUT2D eigenvalue weighted by Crippen LogP contribution is -2.25. The number of nitrogens with one attached hydrogen (secondary N) is 1. The van der Waals surface area contributed by atoms with Gasteiger partial charge in [0.1, 0.15) is 12.4 Å². The molecule has 1 amide bonds. The van der Waals surface area contributed by atoms with E-state index in [-0.39, 0.29) is 18.7 Å². The zero-order valence-electron chi connectivity index (χ0n) is 11.4. The van der Waals surface area contributed by atoms with Gasteiger partial charge in [-0.15, -0.1) is 0 Å². The second kappa shape index (κ2) is 6.68. The van der Waals surface area contributed by atoms with Gasteiger partial charge in [-0.05, 0) is 24.3 Å². The molecule has 0 saturated heterocycles. The van der Waals surface area contributed by atoms with Gasteiger partial charge < -0.3 is 10.4 Å². The van der Waals surface area contributed by atoms with Gasteiger partial charge in [0, 0.05) is 18.8 Å². The van der Waals surface area contributed by atoms with E-state index in [1.807, 2.05) is 0 Å². The zero-order chi connectivity index (χ0) is 15.2. The van der Waals surface area contributed by atoms with E-state index < -0.39 is 11.7 Å². The number of hydrogen-bond donors (Lipinski definition) is 2. The molecule has 0 fully saturated rings. The zero-order valence-corrected chi connectivity index (χ0v) is 11.4. The number of aromatic nitrogens is 2. The molecule has 0 bridgehead atoms. The fraction of sp³-hybridized carbons (Fsp3) is 0.200. The number of halogens is 1. The number of amides is 1. The van der Waals surface area contributed by atoms with Gasteiger partial charge in [-0.3, -0.25) is 9.48 Å². The average Bonchev–Trinajstić information content (AvgIpc) is 2.89. The third-order valence-corrected chi connectivity index (χ3v) is 2.88. The summed E-state index contributed by atoms with van der Waals surface area (Å²) in [6, 6.07) is 5.76. The molecule has 0 saturated carbocycles. The second-order valence-corrected chi connectivity index (χ2v) is 4.28. The Morgan fingerprint density at radius 1 is 1.48 bits per heavy atom. The Labute approximate surface area is 121 Å². The lowest BCUT2D eigenvalue weighted by atomic mass is 10.1. The first-order valence-corrected chi connectivity index (χ1v) is 6.26. The minimum absolute atomic E-state index is 0.0816. The van der Waals surface area contributed by atoms with Gasteiger partial charge >= 0.3 is 0 Å². The summed E-state index contributed by atoms with van der Waals surface area (Å²) in [5.74, 6) is 3.94. The lowest BCUT2D eigenvalue weighted by molar-refractivity contribution is 0.0946. The van der Waals surface area contributed by atoms with E-state index in [1.54, 1.807) is 24.0 Å². The van der Waals surface area contributed by atoms with Gasteiger partial charge in [0.2, 0.25) is 0 Å². The summed E-state index contributed by atoms with van der Waals surface area (Å²) >= 11 is 0. The summed E-state index contributed by atoms with van der Waals surface area (Å²) in [5.41, 5.74) is 1.19. The van der Waals surface area contributed by atoms with Crippen molar-refractivity contribution in [3.8, 4) is 11.8 Å². The quantitative estimate of drug-likeness (QED) is 0.822. The van der Waals surface area contributed by atoms with E-state index in [4.69, 9.17) is 5.11 Å². The highest BCUT2D eigenvalue weighted by atomic mass is 19.1. The Morgan fingerprint density at radius 3 is 2.95 bits per heavy atom. The molecule has 2 rings (SSSR count). The minimum Gasteiger partial charge on any atom is -0.384 e. The Bertz CT molecular complexity index is 713. The van der Waals surface area contributed by atoms with E-state index >= 15 is 0 Å². The van der Waals surface area contributed by atoms with Crippen LogP contribution in [0.1, 0.15) is 21.6 Å². The van der Waals surface area contributed by atoms with Crippen molar-refractivity contribution in [1.82, 2.24) is 15.1 Å². The molecule has 0 aliphatic rings. The van der Waals surface area contributed by atoms with Gasteiger partial charge in [-0.2, -0.15) is 5.10 Å². The Morgan fingerprint density at radius 2 is 2.29 bits per heavy atom. The highest BCUT2D eigenvalue weighted by Gasteiger charge is 2.12. The van der Waals surface area contributed by atoms with Crippen molar-refractivity contribution in [1.29, 1.82) is 0 Å². The van der Waals surface area contributed by atoms with Crippen LogP contribution >= 0.6 is 0 Å².